The van der Waals surface area contributed by atoms with Gasteiger partial charge in [-0.2, -0.15) is 0 Å². The first-order valence-electron chi connectivity index (χ1n) is 7.58. The van der Waals surface area contributed by atoms with Crippen LogP contribution in [0.4, 0.5) is 0 Å². The van der Waals surface area contributed by atoms with Gasteiger partial charge in [0.05, 0.1) is 24.2 Å². The standard InChI is InChI=1S/C14H29NO4S/c1-3-4-5-6-8-19-11-13(16)10-15-14(2)7-9-20(17,18)12-14/h13,15-16H,3-12H2,1-2H3. The van der Waals surface area contributed by atoms with E-state index in [9.17, 15) is 13.5 Å². The number of ether oxygens (including phenoxy) is 1. The summed E-state index contributed by atoms with van der Waals surface area (Å²) in [6.07, 6.45) is 4.65. The second kappa shape index (κ2) is 8.32. The monoisotopic (exact) mass is 307 g/mol. The maximum atomic E-state index is 11.5. The molecule has 2 atom stereocenters. The molecule has 0 amide bonds. The Balaban J connectivity index is 2.09. The molecule has 2 N–H and O–H groups in total. The third kappa shape index (κ3) is 7.02. The van der Waals surface area contributed by atoms with Gasteiger partial charge < -0.3 is 15.2 Å². The van der Waals surface area contributed by atoms with Gasteiger partial charge in [0.25, 0.3) is 0 Å². The summed E-state index contributed by atoms with van der Waals surface area (Å²) in [6.45, 7) is 5.43. The van der Waals surface area contributed by atoms with Crippen LogP contribution < -0.4 is 5.32 Å². The first kappa shape index (κ1) is 17.9. The predicted molar refractivity (Wildman–Crippen MR) is 80.6 cm³/mol. The van der Waals surface area contributed by atoms with Crippen molar-refractivity contribution in [3.05, 3.63) is 0 Å². The highest BCUT2D eigenvalue weighted by molar-refractivity contribution is 7.91. The lowest BCUT2D eigenvalue weighted by Crippen LogP contribution is -2.47. The van der Waals surface area contributed by atoms with Gasteiger partial charge in [0.15, 0.2) is 9.84 Å². The van der Waals surface area contributed by atoms with Crippen LogP contribution in [0, 0.1) is 0 Å². The van der Waals surface area contributed by atoms with E-state index >= 15 is 0 Å². The maximum absolute atomic E-state index is 11.5. The molecule has 0 bridgehead atoms. The van der Waals surface area contributed by atoms with Gasteiger partial charge in [0, 0.05) is 18.7 Å². The predicted octanol–water partition coefficient (Wildman–Crippen LogP) is 1.11. The average molecular weight is 307 g/mol. The summed E-state index contributed by atoms with van der Waals surface area (Å²) in [4.78, 5) is 0. The molecule has 0 aliphatic carbocycles. The zero-order chi connectivity index (χ0) is 15.1. The van der Waals surface area contributed by atoms with Crippen molar-refractivity contribution in [2.45, 2.75) is 57.6 Å². The lowest BCUT2D eigenvalue weighted by atomic mass is 10.0. The lowest BCUT2D eigenvalue weighted by Gasteiger charge is -2.25. The average Bonchev–Trinajstić information content (AvgIpc) is 2.66. The van der Waals surface area contributed by atoms with Gasteiger partial charge in [-0.3, -0.25) is 0 Å². The van der Waals surface area contributed by atoms with Crippen LogP contribution >= 0.6 is 0 Å². The van der Waals surface area contributed by atoms with Crippen molar-refractivity contribution >= 4 is 9.84 Å². The van der Waals surface area contributed by atoms with Crippen molar-refractivity contribution in [3.63, 3.8) is 0 Å². The second-order valence-electron chi connectivity index (χ2n) is 6.07. The topological polar surface area (TPSA) is 75.6 Å². The lowest BCUT2D eigenvalue weighted by molar-refractivity contribution is 0.0323. The van der Waals surface area contributed by atoms with Crippen LogP contribution in [0.15, 0.2) is 0 Å². The molecule has 1 saturated heterocycles. The van der Waals surface area contributed by atoms with Crippen LogP contribution in [0.3, 0.4) is 0 Å². The Morgan fingerprint density at radius 1 is 1.35 bits per heavy atom. The SMILES string of the molecule is CCCCCCOCC(O)CNC1(C)CCS(=O)(=O)C1. The number of nitrogens with one attached hydrogen (secondary N) is 1. The van der Waals surface area contributed by atoms with Crippen LogP contribution in [0.1, 0.15) is 46.0 Å². The van der Waals surface area contributed by atoms with E-state index in [1.807, 2.05) is 6.92 Å². The van der Waals surface area contributed by atoms with Crippen LogP contribution in [0.2, 0.25) is 0 Å². The van der Waals surface area contributed by atoms with E-state index in [1.165, 1.54) is 19.3 Å². The molecule has 6 heteroatoms. The number of aliphatic hydroxyl groups excluding tert-OH is 1. The highest BCUT2D eigenvalue weighted by Gasteiger charge is 2.38. The molecule has 5 nitrogen and oxygen atoms in total. The van der Waals surface area contributed by atoms with E-state index in [2.05, 4.69) is 12.2 Å². The number of hydrogen-bond donors (Lipinski definition) is 2. The highest BCUT2D eigenvalue weighted by atomic mass is 32.2. The normalized spacial score (nSPS) is 26.8. The van der Waals surface area contributed by atoms with Crippen molar-refractivity contribution < 1.29 is 18.3 Å². The number of sulfone groups is 1. The van der Waals surface area contributed by atoms with E-state index in [4.69, 9.17) is 4.74 Å². The van der Waals surface area contributed by atoms with Crippen molar-refractivity contribution in [1.29, 1.82) is 0 Å². The molecule has 1 aliphatic rings. The zero-order valence-corrected chi connectivity index (χ0v) is 13.5. The molecule has 2 unspecified atom stereocenters. The minimum absolute atomic E-state index is 0.157. The van der Waals surface area contributed by atoms with Crippen molar-refractivity contribution in [3.8, 4) is 0 Å². The first-order valence-corrected chi connectivity index (χ1v) is 9.40. The second-order valence-corrected chi connectivity index (χ2v) is 8.26. The molecule has 1 heterocycles. The molecule has 1 rings (SSSR count). The minimum atomic E-state index is -2.91. The molecule has 0 saturated carbocycles. The van der Waals surface area contributed by atoms with E-state index < -0.39 is 21.5 Å². The molecule has 0 spiro atoms. The van der Waals surface area contributed by atoms with E-state index in [1.54, 1.807) is 0 Å². The van der Waals surface area contributed by atoms with E-state index in [0.717, 1.165) is 6.42 Å². The third-order valence-corrected chi connectivity index (χ3v) is 5.62. The summed E-state index contributed by atoms with van der Waals surface area (Å²) in [5.41, 5.74) is -0.402. The summed E-state index contributed by atoms with van der Waals surface area (Å²) in [7, 11) is -2.91. The van der Waals surface area contributed by atoms with Gasteiger partial charge in [-0.1, -0.05) is 26.2 Å². The number of rotatable bonds is 10. The van der Waals surface area contributed by atoms with Gasteiger partial charge in [-0.25, -0.2) is 8.42 Å². The fraction of sp³-hybridized carbons (Fsp3) is 1.00. The van der Waals surface area contributed by atoms with Crippen molar-refractivity contribution in [1.82, 2.24) is 5.32 Å². The third-order valence-electron chi connectivity index (χ3n) is 3.72. The summed E-state index contributed by atoms with van der Waals surface area (Å²) >= 11 is 0. The summed E-state index contributed by atoms with van der Waals surface area (Å²) in [6, 6.07) is 0. The molecule has 0 aromatic carbocycles. The Labute approximate surface area is 123 Å². The largest absolute Gasteiger partial charge is 0.389 e. The quantitative estimate of drug-likeness (QED) is 0.591. The summed E-state index contributed by atoms with van der Waals surface area (Å²) in [5.74, 6) is 0.394. The first-order chi connectivity index (χ1) is 9.37. The fourth-order valence-corrected chi connectivity index (χ4v) is 4.55. The molecule has 20 heavy (non-hydrogen) atoms. The Bertz CT molecular complexity index is 371. The molecule has 0 aromatic rings. The number of unbranched alkanes of at least 4 members (excludes halogenated alkanes) is 3. The van der Waals surface area contributed by atoms with Gasteiger partial charge >= 0.3 is 0 Å². The van der Waals surface area contributed by atoms with Crippen LogP contribution in [0.25, 0.3) is 0 Å². The Hall–Kier alpha value is -0.170. The van der Waals surface area contributed by atoms with Crippen LogP contribution in [-0.4, -0.2) is 56.4 Å². The molecule has 120 valence electrons. The Morgan fingerprint density at radius 3 is 2.70 bits per heavy atom. The molecule has 0 radical (unpaired) electrons. The van der Waals surface area contributed by atoms with E-state index in [-0.39, 0.29) is 11.5 Å². The summed E-state index contributed by atoms with van der Waals surface area (Å²) in [5, 5.41) is 13.0. The number of aliphatic hydroxyl groups is 1. The van der Waals surface area contributed by atoms with Crippen LogP contribution in [0.5, 0.6) is 0 Å². The Morgan fingerprint density at radius 2 is 2.10 bits per heavy atom. The summed E-state index contributed by atoms with van der Waals surface area (Å²) < 4.78 is 28.3. The zero-order valence-electron chi connectivity index (χ0n) is 12.7. The van der Waals surface area contributed by atoms with Gasteiger partial charge in [-0.05, 0) is 19.8 Å². The molecular formula is C14H29NO4S. The highest BCUT2D eigenvalue weighted by Crippen LogP contribution is 2.22. The van der Waals surface area contributed by atoms with Gasteiger partial charge in [0.2, 0.25) is 0 Å². The Kier molecular flexibility index (Phi) is 7.43. The molecule has 1 fully saturated rings. The number of hydrogen-bond acceptors (Lipinski definition) is 5. The van der Waals surface area contributed by atoms with Gasteiger partial charge in [0.1, 0.15) is 0 Å². The fourth-order valence-electron chi connectivity index (χ4n) is 2.42. The van der Waals surface area contributed by atoms with Crippen molar-refractivity contribution in [2.75, 3.05) is 31.3 Å². The van der Waals surface area contributed by atoms with Gasteiger partial charge in [-0.15, -0.1) is 0 Å². The van der Waals surface area contributed by atoms with Crippen molar-refractivity contribution in [2.24, 2.45) is 0 Å². The maximum Gasteiger partial charge on any atom is 0.152 e. The van der Waals surface area contributed by atoms with E-state index in [0.29, 0.717) is 26.2 Å². The molecule has 1 aliphatic heterocycles. The number of β-amino-alcohol motifs (C(OH)–C–C–N with tert-alkyl or cyclic N) is 1. The van der Waals surface area contributed by atoms with Crippen LogP contribution in [-0.2, 0) is 14.6 Å². The smallest absolute Gasteiger partial charge is 0.152 e. The minimum Gasteiger partial charge on any atom is -0.389 e. The molecular weight excluding hydrogens is 278 g/mol. The molecule has 0 aromatic heterocycles.